The zero-order valence-electron chi connectivity index (χ0n) is 11.7. The number of nitrogens with one attached hydrogen (secondary N) is 1. The van der Waals surface area contributed by atoms with Crippen LogP contribution >= 0.6 is 0 Å². The molecule has 21 heavy (non-hydrogen) atoms. The number of carbonyl (C=O) groups is 2. The summed E-state index contributed by atoms with van der Waals surface area (Å²) in [5.74, 6) is -0.996. The molecule has 112 valence electrons. The fraction of sp³-hybridized carbons (Fsp3) is 0.385. The van der Waals surface area contributed by atoms with Gasteiger partial charge in [-0.05, 0) is 0 Å². The number of anilines is 1. The van der Waals surface area contributed by atoms with Crippen LogP contribution in [0.25, 0.3) is 0 Å². The van der Waals surface area contributed by atoms with Crippen LogP contribution in [-0.4, -0.2) is 44.3 Å². The van der Waals surface area contributed by atoms with Crippen LogP contribution in [0.1, 0.15) is 16.8 Å². The SMILES string of the molecule is COCCOc1cc(C(=O)OC)c(NC(=O)CC#N)cn1. The summed E-state index contributed by atoms with van der Waals surface area (Å²) < 4.78 is 14.7. The molecule has 1 rings (SSSR count). The standard InChI is InChI=1S/C13H15N3O5/c1-19-5-6-21-12-7-9(13(18)20-2)10(8-15-12)16-11(17)3-4-14/h7-8H,3,5-6H2,1-2H3,(H,16,17). The summed E-state index contributed by atoms with van der Waals surface area (Å²) in [5, 5.41) is 10.9. The molecule has 0 aliphatic rings. The maximum absolute atomic E-state index is 11.7. The Balaban J connectivity index is 2.94. The number of ether oxygens (including phenoxy) is 3. The van der Waals surface area contributed by atoms with Crippen LogP contribution in [0.5, 0.6) is 5.88 Å². The highest BCUT2D eigenvalue weighted by Crippen LogP contribution is 2.20. The van der Waals surface area contributed by atoms with Gasteiger partial charge in [-0.25, -0.2) is 9.78 Å². The second kappa shape index (κ2) is 8.50. The minimum Gasteiger partial charge on any atom is -0.475 e. The zero-order valence-corrected chi connectivity index (χ0v) is 11.7. The first-order valence-corrected chi connectivity index (χ1v) is 5.99. The molecule has 0 aromatic carbocycles. The maximum atomic E-state index is 11.7. The first kappa shape index (κ1) is 16.4. The molecule has 1 amide bonds. The number of amides is 1. The van der Waals surface area contributed by atoms with Crippen LogP contribution in [-0.2, 0) is 14.3 Å². The molecule has 1 N–H and O–H groups in total. The van der Waals surface area contributed by atoms with Gasteiger partial charge in [0.1, 0.15) is 13.0 Å². The van der Waals surface area contributed by atoms with Crippen LogP contribution < -0.4 is 10.1 Å². The van der Waals surface area contributed by atoms with Crippen molar-refractivity contribution in [3.8, 4) is 11.9 Å². The minimum absolute atomic E-state index is 0.0891. The van der Waals surface area contributed by atoms with Crippen molar-refractivity contribution in [2.45, 2.75) is 6.42 Å². The van der Waals surface area contributed by atoms with Gasteiger partial charge in [-0.1, -0.05) is 0 Å². The molecule has 8 heteroatoms. The molecule has 0 aliphatic heterocycles. The van der Waals surface area contributed by atoms with Gasteiger partial charge in [0.15, 0.2) is 0 Å². The van der Waals surface area contributed by atoms with E-state index in [1.165, 1.54) is 26.5 Å². The number of esters is 1. The van der Waals surface area contributed by atoms with E-state index in [9.17, 15) is 9.59 Å². The molecule has 8 nitrogen and oxygen atoms in total. The van der Waals surface area contributed by atoms with Crippen LogP contribution in [0.3, 0.4) is 0 Å². The maximum Gasteiger partial charge on any atom is 0.340 e. The average molecular weight is 293 g/mol. The second-order valence-electron chi connectivity index (χ2n) is 3.78. The lowest BCUT2D eigenvalue weighted by atomic mass is 10.2. The Hall–Kier alpha value is -2.66. The van der Waals surface area contributed by atoms with Crippen molar-refractivity contribution >= 4 is 17.6 Å². The lowest BCUT2D eigenvalue weighted by Crippen LogP contribution is -2.15. The van der Waals surface area contributed by atoms with Gasteiger partial charge in [0, 0.05) is 13.2 Å². The molecule has 0 saturated heterocycles. The number of nitriles is 1. The number of rotatable bonds is 7. The van der Waals surface area contributed by atoms with Crippen molar-refractivity contribution in [2.75, 3.05) is 32.8 Å². The second-order valence-corrected chi connectivity index (χ2v) is 3.78. The first-order chi connectivity index (χ1) is 10.1. The molecular formula is C13H15N3O5. The zero-order chi connectivity index (χ0) is 15.7. The number of pyridine rings is 1. The fourth-order valence-electron chi connectivity index (χ4n) is 1.39. The Bertz CT molecular complexity index is 553. The third-order valence-corrected chi connectivity index (χ3v) is 2.34. The lowest BCUT2D eigenvalue weighted by Gasteiger charge is -2.11. The van der Waals surface area contributed by atoms with Gasteiger partial charge in [-0.3, -0.25) is 4.79 Å². The van der Waals surface area contributed by atoms with Gasteiger partial charge < -0.3 is 19.5 Å². The summed E-state index contributed by atoms with van der Waals surface area (Å²) in [7, 11) is 2.75. The largest absolute Gasteiger partial charge is 0.475 e. The Morgan fingerprint density at radius 2 is 2.14 bits per heavy atom. The number of hydrogen-bond donors (Lipinski definition) is 1. The molecule has 1 heterocycles. The molecule has 1 aromatic rings. The van der Waals surface area contributed by atoms with E-state index < -0.39 is 11.9 Å². The molecule has 1 aromatic heterocycles. The highest BCUT2D eigenvalue weighted by atomic mass is 16.5. The highest BCUT2D eigenvalue weighted by molar-refractivity contribution is 6.01. The molecule has 0 spiro atoms. The Labute approximate surface area is 121 Å². The minimum atomic E-state index is -0.652. The molecule has 0 bridgehead atoms. The highest BCUT2D eigenvalue weighted by Gasteiger charge is 2.16. The molecule has 0 atom stereocenters. The van der Waals surface area contributed by atoms with Crippen molar-refractivity contribution in [3.05, 3.63) is 17.8 Å². The average Bonchev–Trinajstić information content (AvgIpc) is 2.48. The third kappa shape index (κ3) is 5.08. The third-order valence-electron chi connectivity index (χ3n) is 2.34. The van der Waals surface area contributed by atoms with Gasteiger partial charge in [0.05, 0.1) is 37.2 Å². The van der Waals surface area contributed by atoms with Crippen molar-refractivity contribution in [1.29, 1.82) is 5.26 Å². The number of nitrogens with zero attached hydrogens (tertiary/aromatic N) is 2. The lowest BCUT2D eigenvalue weighted by molar-refractivity contribution is -0.115. The molecular weight excluding hydrogens is 278 g/mol. The van der Waals surface area contributed by atoms with E-state index in [1.54, 1.807) is 6.07 Å². The Morgan fingerprint density at radius 3 is 2.76 bits per heavy atom. The van der Waals surface area contributed by atoms with E-state index in [1.807, 2.05) is 0 Å². The van der Waals surface area contributed by atoms with E-state index >= 15 is 0 Å². The molecule has 0 aliphatic carbocycles. The van der Waals surface area contributed by atoms with Crippen LogP contribution in [0, 0.1) is 11.3 Å². The summed E-state index contributed by atoms with van der Waals surface area (Å²) in [6.45, 7) is 0.639. The molecule has 0 fully saturated rings. The first-order valence-electron chi connectivity index (χ1n) is 5.99. The number of hydrogen-bond acceptors (Lipinski definition) is 7. The summed E-state index contributed by atoms with van der Waals surface area (Å²) >= 11 is 0. The normalized spacial score (nSPS) is 9.57. The predicted molar refractivity (Wildman–Crippen MR) is 71.8 cm³/mol. The van der Waals surface area contributed by atoms with Crippen LogP contribution in [0.2, 0.25) is 0 Å². The summed E-state index contributed by atoms with van der Waals surface area (Å²) in [4.78, 5) is 27.1. The molecule has 0 saturated carbocycles. The Kier molecular flexibility index (Phi) is 6.63. The van der Waals surface area contributed by atoms with E-state index in [0.717, 1.165) is 0 Å². The van der Waals surface area contributed by atoms with E-state index in [4.69, 9.17) is 14.7 Å². The molecule has 0 radical (unpaired) electrons. The van der Waals surface area contributed by atoms with Crippen molar-refractivity contribution in [3.63, 3.8) is 0 Å². The van der Waals surface area contributed by atoms with Crippen molar-refractivity contribution < 1.29 is 23.8 Å². The van der Waals surface area contributed by atoms with Gasteiger partial charge in [0.2, 0.25) is 11.8 Å². The Morgan fingerprint density at radius 1 is 1.38 bits per heavy atom. The van der Waals surface area contributed by atoms with E-state index in [-0.39, 0.29) is 30.2 Å². The van der Waals surface area contributed by atoms with Crippen LogP contribution in [0.4, 0.5) is 5.69 Å². The number of methoxy groups -OCH3 is 2. The monoisotopic (exact) mass is 293 g/mol. The van der Waals surface area contributed by atoms with Crippen molar-refractivity contribution in [1.82, 2.24) is 4.98 Å². The topological polar surface area (TPSA) is 111 Å². The summed E-state index contributed by atoms with van der Waals surface area (Å²) in [6, 6.07) is 3.06. The quantitative estimate of drug-likeness (QED) is 0.583. The van der Waals surface area contributed by atoms with Crippen LogP contribution in [0.15, 0.2) is 12.3 Å². The number of carbonyl (C=O) groups excluding carboxylic acids is 2. The predicted octanol–water partition coefficient (Wildman–Crippen LogP) is 0.746. The smallest absolute Gasteiger partial charge is 0.340 e. The summed E-state index contributed by atoms with van der Waals surface area (Å²) in [5.41, 5.74) is 0.243. The van der Waals surface area contributed by atoms with Crippen molar-refractivity contribution in [2.24, 2.45) is 0 Å². The van der Waals surface area contributed by atoms with E-state index in [2.05, 4.69) is 15.0 Å². The number of aromatic nitrogens is 1. The van der Waals surface area contributed by atoms with Gasteiger partial charge >= 0.3 is 5.97 Å². The van der Waals surface area contributed by atoms with Gasteiger partial charge in [-0.2, -0.15) is 5.26 Å². The van der Waals surface area contributed by atoms with Gasteiger partial charge in [0.25, 0.3) is 0 Å². The molecule has 0 unspecified atom stereocenters. The van der Waals surface area contributed by atoms with E-state index in [0.29, 0.717) is 6.61 Å². The van der Waals surface area contributed by atoms with Gasteiger partial charge in [-0.15, -0.1) is 0 Å². The summed E-state index contributed by atoms with van der Waals surface area (Å²) in [6.07, 6.45) is 0.941. The fourth-order valence-corrected chi connectivity index (χ4v) is 1.39.